The van der Waals surface area contributed by atoms with Crippen molar-refractivity contribution in [2.24, 2.45) is 11.8 Å². The molecule has 0 atom stereocenters. The lowest BCUT2D eigenvalue weighted by molar-refractivity contribution is 0.333. The minimum Gasteiger partial charge on any atom is -0.387 e. The number of anilines is 1. The van der Waals surface area contributed by atoms with Gasteiger partial charge in [-0.15, -0.1) is 0 Å². The molecule has 0 aliphatic heterocycles. The first-order valence-corrected chi connectivity index (χ1v) is 8.35. The summed E-state index contributed by atoms with van der Waals surface area (Å²) in [6, 6.07) is 1.68. The second kappa shape index (κ2) is 7.04. The Balaban J connectivity index is 3.21. The second-order valence-electron chi connectivity index (χ2n) is 5.73. The number of nitrogens with zero attached hydrogens (tertiary/aromatic N) is 2. The number of aromatic nitrogens is 1. The number of pyridine rings is 1. The molecule has 0 saturated carbocycles. The van der Waals surface area contributed by atoms with E-state index in [2.05, 4.69) is 10.3 Å². The summed E-state index contributed by atoms with van der Waals surface area (Å²) in [6.45, 7) is 9.10. The van der Waals surface area contributed by atoms with Crippen LogP contribution in [-0.2, 0) is 10.0 Å². The summed E-state index contributed by atoms with van der Waals surface area (Å²) in [6.07, 6.45) is 2.99. The first-order valence-electron chi connectivity index (χ1n) is 6.91. The van der Waals surface area contributed by atoms with Crippen LogP contribution in [0.1, 0.15) is 27.7 Å². The van der Waals surface area contributed by atoms with Gasteiger partial charge in [-0.1, -0.05) is 27.7 Å². The number of hydrogen-bond acceptors (Lipinski definition) is 4. The topological polar surface area (TPSA) is 62.3 Å². The molecular formula is C14H25N3O2S. The van der Waals surface area contributed by atoms with Crippen molar-refractivity contribution in [2.45, 2.75) is 32.6 Å². The third kappa shape index (κ3) is 4.18. The summed E-state index contributed by atoms with van der Waals surface area (Å²) in [5.74, 6) is 0.552. The lowest BCUT2D eigenvalue weighted by atomic mass is 10.2. The summed E-state index contributed by atoms with van der Waals surface area (Å²) >= 11 is 0. The number of hydrogen-bond donors (Lipinski definition) is 1. The third-order valence-corrected chi connectivity index (χ3v) is 4.67. The standard InChI is InChI=1S/C14H25N3O2S/c1-11(2)9-17(10-12(3)4)20(18,19)14-8-16-7-6-13(14)15-5/h6-8,11-12H,9-10H2,1-5H3,(H,15,16). The van der Waals surface area contributed by atoms with Crippen LogP contribution in [0.25, 0.3) is 0 Å². The molecule has 20 heavy (non-hydrogen) atoms. The molecule has 0 spiro atoms. The molecule has 0 bridgehead atoms. The van der Waals surface area contributed by atoms with E-state index in [4.69, 9.17) is 0 Å². The number of nitrogens with one attached hydrogen (secondary N) is 1. The van der Waals surface area contributed by atoms with E-state index in [0.717, 1.165) is 0 Å². The molecule has 0 saturated heterocycles. The summed E-state index contributed by atoms with van der Waals surface area (Å²) in [5.41, 5.74) is 0.581. The average molecular weight is 299 g/mol. The summed E-state index contributed by atoms with van der Waals surface area (Å²) in [4.78, 5) is 4.19. The highest BCUT2D eigenvalue weighted by atomic mass is 32.2. The number of rotatable bonds is 7. The molecular weight excluding hydrogens is 274 g/mol. The highest BCUT2D eigenvalue weighted by Gasteiger charge is 2.28. The van der Waals surface area contributed by atoms with E-state index in [1.165, 1.54) is 6.20 Å². The maximum Gasteiger partial charge on any atom is 0.246 e. The Morgan fingerprint density at radius 1 is 1.20 bits per heavy atom. The van der Waals surface area contributed by atoms with Crippen LogP contribution in [-0.4, -0.2) is 37.8 Å². The summed E-state index contributed by atoms with van der Waals surface area (Å²) in [5, 5.41) is 2.92. The Morgan fingerprint density at radius 3 is 2.20 bits per heavy atom. The highest BCUT2D eigenvalue weighted by molar-refractivity contribution is 7.89. The van der Waals surface area contributed by atoms with Gasteiger partial charge in [-0.2, -0.15) is 4.31 Å². The van der Waals surface area contributed by atoms with Crippen LogP contribution in [0.3, 0.4) is 0 Å². The van der Waals surface area contributed by atoms with Gasteiger partial charge < -0.3 is 5.32 Å². The molecule has 6 heteroatoms. The van der Waals surface area contributed by atoms with Crippen LogP contribution >= 0.6 is 0 Å². The van der Waals surface area contributed by atoms with Crippen molar-refractivity contribution in [1.29, 1.82) is 0 Å². The normalized spacial score (nSPS) is 12.4. The Bertz CT molecular complexity index is 517. The maximum absolute atomic E-state index is 12.8. The summed E-state index contributed by atoms with van der Waals surface area (Å²) < 4.78 is 27.2. The van der Waals surface area contributed by atoms with E-state index in [1.54, 1.807) is 23.6 Å². The Kier molecular flexibility index (Phi) is 5.95. The van der Waals surface area contributed by atoms with E-state index < -0.39 is 10.0 Å². The van der Waals surface area contributed by atoms with Crippen LogP contribution in [0, 0.1) is 11.8 Å². The van der Waals surface area contributed by atoms with Crippen LogP contribution < -0.4 is 5.32 Å². The molecule has 0 aliphatic rings. The van der Waals surface area contributed by atoms with Crippen LogP contribution in [0.15, 0.2) is 23.4 Å². The van der Waals surface area contributed by atoms with Gasteiger partial charge in [-0.05, 0) is 17.9 Å². The molecule has 1 aromatic heterocycles. The van der Waals surface area contributed by atoms with Gasteiger partial charge in [0.05, 0.1) is 5.69 Å². The molecule has 1 aromatic rings. The minimum atomic E-state index is -3.53. The molecule has 114 valence electrons. The highest BCUT2D eigenvalue weighted by Crippen LogP contribution is 2.24. The zero-order chi connectivity index (χ0) is 15.3. The van der Waals surface area contributed by atoms with Gasteiger partial charge >= 0.3 is 0 Å². The second-order valence-corrected chi connectivity index (χ2v) is 7.64. The molecule has 0 aromatic carbocycles. The maximum atomic E-state index is 12.8. The zero-order valence-electron chi connectivity index (χ0n) is 12.9. The van der Waals surface area contributed by atoms with Gasteiger partial charge in [0.1, 0.15) is 4.90 Å². The van der Waals surface area contributed by atoms with Gasteiger partial charge in [0, 0.05) is 32.5 Å². The van der Waals surface area contributed by atoms with Crippen molar-refractivity contribution in [1.82, 2.24) is 9.29 Å². The monoisotopic (exact) mass is 299 g/mol. The van der Waals surface area contributed by atoms with Crippen LogP contribution in [0.4, 0.5) is 5.69 Å². The van der Waals surface area contributed by atoms with Gasteiger partial charge in [-0.3, -0.25) is 4.98 Å². The molecule has 0 radical (unpaired) electrons. The van der Waals surface area contributed by atoms with Crippen molar-refractivity contribution >= 4 is 15.7 Å². The molecule has 1 heterocycles. The van der Waals surface area contributed by atoms with Crippen LogP contribution in [0.2, 0.25) is 0 Å². The van der Waals surface area contributed by atoms with Gasteiger partial charge in [-0.25, -0.2) is 8.42 Å². The Labute approximate surface area is 122 Å². The smallest absolute Gasteiger partial charge is 0.246 e. The van der Waals surface area contributed by atoms with E-state index >= 15 is 0 Å². The Morgan fingerprint density at radius 2 is 1.75 bits per heavy atom. The van der Waals surface area contributed by atoms with Gasteiger partial charge in [0.15, 0.2) is 0 Å². The van der Waals surface area contributed by atoms with Crippen molar-refractivity contribution in [3.05, 3.63) is 18.5 Å². The first kappa shape index (κ1) is 16.9. The van der Waals surface area contributed by atoms with E-state index in [0.29, 0.717) is 18.8 Å². The Hall–Kier alpha value is -1.14. The fraction of sp³-hybridized carbons (Fsp3) is 0.643. The lowest BCUT2D eigenvalue weighted by Gasteiger charge is -2.26. The molecule has 5 nitrogen and oxygen atoms in total. The van der Waals surface area contributed by atoms with E-state index in [9.17, 15) is 8.42 Å². The predicted molar refractivity (Wildman–Crippen MR) is 82.2 cm³/mol. The van der Waals surface area contributed by atoms with Crippen molar-refractivity contribution in [3.63, 3.8) is 0 Å². The fourth-order valence-electron chi connectivity index (χ4n) is 2.02. The van der Waals surface area contributed by atoms with Gasteiger partial charge in [0.2, 0.25) is 10.0 Å². The fourth-order valence-corrected chi connectivity index (χ4v) is 3.93. The molecule has 1 N–H and O–H groups in total. The predicted octanol–water partition coefficient (Wildman–Crippen LogP) is 2.43. The first-order chi connectivity index (χ1) is 9.28. The SMILES string of the molecule is CNc1ccncc1S(=O)(=O)N(CC(C)C)CC(C)C. The average Bonchev–Trinajstić information content (AvgIpc) is 2.36. The van der Waals surface area contributed by atoms with Gasteiger partial charge in [0.25, 0.3) is 0 Å². The number of sulfonamides is 1. The molecule has 0 aliphatic carbocycles. The quantitative estimate of drug-likeness (QED) is 0.840. The van der Waals surface area contributed by atoms with Crippen LogP contribution in [0.5, 0.6) is 0 Å². The van der Waals surface area contributed by atoms with Crippen molar-refractivity contribution < 1.29 is 8.42 Å². The van der Waals surface area contributed by atoms with Crippen molar-refractivity contribution in [3.8, 4) is 0 Å². The molecule has 0 amide bonds. The largest absolute Gasteiger partial charge is 0.387 e. The molecule has 0 unspecified atom stereocenters. The molecule has 1 rings (SSSR count). The minimum absolute atomic E-state index is 0.240. The van der Waals surface area contributed by atoms with E-state index in [1.807, 2.05) is 27.7 Å². The van der Waals surface area contributed by atoms with Crippen molar-refractivity contribution in [2.75, 3.05) is 25.5 Å². The lowest BCUT2D eigenvalue weighted by Crippen LogP contribution is -2.37. The third-order valence-electron chi connectivity index (χ3n) is 2.81. The van der Waals surface area contributed by atoms with E-state index in [-0.39, 0.29) is 16.7 Å². The summed E-state index contributed by atoms with van der Waals surface area (Å²) in [7, 11) is -1.81. The molecule has 0 fully saturated rings. The zero-order valence-corrected chi connectivity index (χ0v) is 13.7.